The number of hydrogen-bond acceptors (Lipinski definition) is 3. The molecule has 1 N–H and O–H groups in total. The number of halogens is 3. The molecular formula is C28H26F3N3O2. The SMILES string of the molecule is O=C(Nc1ccccc1N1CCc2ccccc21)C1CCN(C(=O)c2ccc(C(F)(F)F)cc2)CC1. The maximum atomic E-state index is 13.1. The van der Waals surface area contributed by atoms with Crippen LogP contribution in [0.1, 0.15) is 34.3 Å². The second-order valence-corrected chi connectivity index (χ2v) is 9.18. The van der Waals surface area contributed by atoms with Crippen molar-refractivity contribution in [3.8, 4) is 0 Å². The molecule has 0 unspecified atom stereocenters. The highest BCUT2D eigenvalue weighted by Crippen LogP contribution is 2.38. The van der Waals surface area contributed by atoms with Crippen molar-refractivity contribution in [1.29, 1.82) is 0 Å². The number of rotatable bonds is 4. The minimum atomic E-state index is -4.44. The van der Waals surface area contributed by atoms with E-state index in [1.807, 2.05) is 36.4 Å². The molecule has 0 radical (unpaired) electrons. The van der Waals surface area contributed by atoms with Gasteiger partial charge in [0.15, 0.2) is 0 Å². The van der Waals surface area contributed by atoms with E-state index in [0.29, 0.717) is 25.9 Å². The first-order chi connectivity index (χ1) is 17.3. The lowest BCUT2D eigenvalue weighted by Crippen LogP contribution is -2.41. The smallest absolute Gasteiger partial charge is 0.339 e. The number of para-hydroxylation sites is 3. The van der Waals surface area contributed by atoms with E-state index < -0.39 is 11.7 Å². The third-order valence-electron chi connectivity index (χ3n) is 6.95. The third-order valence-corrected chi connectivity index (χ3v) is 6.95. The van der Waals surface area contributed by atoms with Gasteiger partial charge in [-0.3, -0.25) is 9.59 Å². The molecule has 36 heavy (non-hydrogen) atoms. The van der Waals surface area contributed by atoms with E-state index in [-0.39, 0.29) is 23.3 Å². The Kier molecular flexibility index (Phi) is 6.43. The summed E-state index contributed by atoms with van der Waals surface area (Å²) in [5.41, 5.74) is 3.56. The number of nitrogens with zero attached hydrogens (tertiary/aromatic N) is 2. The zero-order valence-electron chi connectivity index (χ0n) is 19.6. The summed E-state index contributed by atoms with van der Waals surface area (Å²) in [5.74, 6) is -0.655. The Labute approximate surface area is 207 Å². The summed E-state index contributed by atoms with van der Waals surface area (Å²) >= 11 is 0. The Hall–Kier alpha value is -3.81. The predicted octanol–water partition coefficient (Wildman–Crippen LogP) is 5.89. The first-order valence-electron chi connectivity index (χ1n) is 12.0. The highest BCUT2D eigenvalue weighted by Gasteiger charge is 2.32. The van der Waals surface area contributed by atoms with Gasteiger partial charge in [-0.1, -0.05) is 30.3 Å². The maximum absolute atomic E-state index is 13.1. The number of piperidine rings is 1. The van der Waals surface area contributed by atoms with Gasteiger partial charge < -0.3 is 15.1 Å². The van der Waals surface area contributed by atoms with Gasteiger partial charge in [0.05, 0.1) is 16.9 Å². The summed E-state index contributed by atoms with van der Waals surface area (Å²) in [6.07, 6.45) is -2.51. The second kappa shape index (κ2) is 9.68. The number of hydrogen-bond donors (Lipinski definition) is 1. The van der Waals surface area contributed by atoms with Crippen LogP contribution in [0.25, 0.3) is 0 Å². The van der Waals surface area contributed by atoms with Crippen LogP contribution in [0.2, 0.25) is 0 Å². The fourth-order valence-electron chi connectivity index (χ4n) is 4.97. The van der Waals surface area contributed by atoms with Crippen molar-refractivity contribution in [2.45, 2.75) is 25.4 Å². The molecule has 0 atom stereocenters. The fourth-order valence-corrected chi connectivity index (χ4v) is 4.97. The lowest BCUT2D eigenvalue weighted by atomic mass is 9.95. The molecule has 0 spiro atoms. The molecule has 1 saturated heterocycles. The first-order valence-corrected chi connectivity index (χ1v) is 12.0. The van der Waals surface area contributed by atoms with Crippen LogP contribution in [0.15, 0.2) is 72.8 Å². The van der Waals surface area contributed by atoms with Crippen molar-refractivity contribution in [2.24, 2.45) is 5.92 Å². The standard InChI is InChI=1S/C28H26F3N3O2/c29-28(30,31)22-11-9-21(10-12-22)27(36)33-16-13-20(14-17-33)26(35)32-23-6-2-4-8-25(23)34-18-15-19-5-1-3-7-24(19)34/h1-12,20H,13-18H2,(H,32,35). The Balaban J connectivity index is 1.21. The molecule has 0 aromatic heterocycles. The largest absolute Gasteiger partial charge is 0.416 e. The van der Waals surface area contributed by atoms with Crippen molar-refractivity contribution in [3.05, 3.63) is 89.5 Å². The Bertz CT molecular complexity index is 1270. The topological polar surface area (TPSA) is 52.7 Å². The fraction of sp³-hybridized carbons (Fsp3) is 0.286. The molecule has 2 aliphatic rings. The Morgan fingerprint density at radius 2 is 1.44 bits per heavy atom. The van der Waals surface area contributed by atoms with Crippen molar-refractivity contribution < 1.29 is 22.8 Å². The summed E-state index contributed by atoms with van der Waals surface area (Å²) in [4.78, 5) is 29.7. The van der Waals surface area contributed by atoms with Gasteiger partial charge in [0.25, 0.3) is 5.91 Å². The van der Waals surface area contributed by atoms with E-state index >= 15 is 0 Å². The summed E-state index contributed by atoms with van der Waals surface area (Å²) in [6, 6.07) is 20.3. The lowest BCUT2D eigenvalue weighted by Gasteiger charge is -2.32. The van der Waals surface area contributed by atoms with Gasteiger partial charge >= 0.3 is 6.18 Å². The monoisotopic (exact) mass is 493 g/mol. The summed E-state index contributed by atoms with van der Waals surface area (Å²) in [6.45, 7) is 1.59. The predicted molar refractivity (Wildman–Crippen MR) is 132 cm³/mol. The highest BCUT2D eigenvalue weighted by molar-refractivity contribution is 5.97. The van der Waals surface area contributed by atoms with E-state index in [1.165, 1.54) is 17.7 Å². The van der Waals surface area contributed by atoms with Crippen LogP contribution in [0.5, 0.6) is 0 Å². The number of likely N-dealkylation sites (tertiary alicyclic amines) is 1. The van der Waals surface area contributed by atoms with Gasteiger partial charge in [0, 0.05) is 36.8 Å². The van der Waals surface area contributed by atoms with Crippen molar-refractivity contribution >= 4 is 28.9 Å². The molecular weight excluding hydrogens is 467 g/mol. The molecule has 0 aliphatic carbocycles. The third kappa shape index (κ3) is 4.80. The minimum Gasteiger partial charge on any atom is -0.339 e. The maximum Gasteiger partial charge on any atom is 0.416 e. The van der Waals surface area contributed by atoms with E-state index in [0.717, 1.165) is 42.2 Å². The van der Waals surface area contributed by atoms with Crippen molar-refractivity contribution in [1.82, 2.24) is 4.90 Å². The van der Waals surface area contributed by atoms with E-state index in [2.05, 4.69) is 22.3 Å². The molecule has 186 valence electrons. The van der Waals surface area contributed by atoms with Crippen LogP contribution in [-0.4, -0.2) is 36.3 Å². The average Bonchev–Trinajstić information content (AvgIpc) is 3.32. The number of anilines is 3. The van der Waals surface area contributed by atoms with Crippen LogP contribution >= 0.6 is 0 Å². The van der Waals surface area contributed by atoms with Crippen LogP contribution in [0, 0.1) is 5.92 Å². The summed E-state index contributed by atoms with van der Waals surface area (Å²) < 4.78 is 38.4. The number of amides is 2. The summed E-state index contributed by atoms with van der Waals surface area (Å²) in [7, 11) is 0. The van der Waals surface area contributed by atoms with Crippen molar-refractivity contribution in [3.63, 3.8) is 0 Å². The second-order valence-electron chi connectivity index (χ2n) is 9.18. The molecule has 0 saturated carbocycles. The number of nitrogens with one attached hydrogen (secondary N) is 1. The van der Waals surface area contributed by atoms with Gasteiger partial charge in [0.1, 0.15) is 0 Å². The van der Waals surface area contributed by atoms with Crippen LogP contribution in [0.3, 0.4) is 0 Å². The Morgan fingerprint density at radius 3 is 2.14 bits per heavy atom. The normalized spacial score (nSPS) is 16.1. The Morgan fingerprint density at radius 1 is 0.806 bits per heavy atom. The molecule has 3 aromatic carbocycles. The molecule has 3 aromatic rings. The number of carbonyl (C=O) groups excluding carboxylic acids is 2. The average molecular weight is 494 g/mol. The van der Waals surface area contributed by atoms with E-state index in [9.17, 15) is 22.8 Å². The number of benzene rings is 3. The number of alkyl halides is 3. The molecule has 1 fully saturated rings. The quantitative estimate of drug-likeness (QED) is 0.493. The molecule has 8 heteroatoms. The zero-order valence-corrected chi connectivity index (χ0v) is 19.6. The molecule has 2 aliphatic heterocycles. The number of carbonyl (C=O) groups is 2. The van der Waals surface area contributed by atoms with Crippen molar-refractivity contribution in [2.75, 3.05) is 29.9 Å². The molecule has 5 nitrogen and oxygen atoms in total. The summed E-state index contributed by atoms with van der Waals surface area (Å²) in [5, 5.41) is 3.09. The number of fused-ring (bicyclic) bond motifs is 1. The minimum absolute atomic E-state index is 0.0865. The molecule has 0 bridgehead atoms. The highest BCUT2D eigenvalue weighted by atomic mass is 19.4. The van der Waals surface area contributed by atoms with Gasteiger partial charge in [-0.15, -0.1) is 0 Å². The van der Waals surface area contributed by atoms with E-state index in [4.69, 9.17) is 0 Å². The van der Waals surface area contributed by atoms with Gasteiger partial charge in [-0.2, -0.15) is 13.2 Å². The zero-order chi connectivity index (χ0) is 25.3. The van der Waals surface area contributed by atoms with Crippen LogP contribution in [-0.2, 0) is 17.4 Å². The lowest BCUT2D eigenvalue weighted by molar-refractivity contribution is -0.137. The first kappa shape index (κ1) is 23.9. The van der Waals surface area contributed by atoms with Gasteiger partial charge in [-0.25, -0.2) is 0 Å². The molecule has 5 rings (SSSR count). The van der Waals surface area contributed by atoms with E-state index in [1.54, 1.807) is 4.90 Å². The van der Waals surface area contributed by atoms with Gasteiger partial charge in [0.2, 0.25) is 5.91 Å². The van der Waals surface area contributed by atoms with Crippen LogP contribution in [0.4, 0.5) is 30.2 Å². The van der Waals surface area contributed by atoms with Gasteiger partial charge in [-0.05, 0) is 67.3 Å². The molecule has 2 heterocycles. The molecule has 2 amide bonds. The van der Waals surface area contributed by atoms with Crippen LogP contribution < -0.4 is 10.2 Å².